The largest absolute Gasteiger partial charge is 0.493 e. The zero-order valence-electron chi connectivity index (χ0n) is 17.5. The second-order valence-electron chi connectivity index (χ2n) is 9.18. The maximum Gasteiger partial charge on any atom is 0.237 e. The number of rotatable bonds is 6. The van der Waals surface area contributed by atoms with Crippen LogP contribution in [0.25, 0.3) is 0 Å². The zero-order chi connectivity index (χ0) is 20.7. The molecule has 1 aromatic rings. The van der Waals surface area contributed by atoms with E-state index in [1.807, 2.05) is 4.90 Å². The molecule has 1 amide bonds. The number of amides is 1. The van der Waals surface area contributed by atoms with Crippen LogP contribution in [0.2, 0.25) is 0 Å². The van der Waals surface area contributed by atoms with Crippen molar-refractivity contribution in [1.29, 1.82) is 0 Å². The van der Waals surface area contributed by atoms with Gasteiger partial charge in [0.05, 0.1) is 24.7 Å². The number of ether oxygens (including phenoxy) is 1. The van der Waals surface area contributed by atoms with Crippen molar-refractivity contribution in [2.45, 2.75) is 44.3 Å². The maximum atomic E-state index is 13.0. The van der Waals surface area contributed by atoms with E-state index < -0.39 is 9.84 Å². The average Bonchev–Trinajstić information content (AvgIpc) is 3.31. The second-order valence-corrected chi connectivity index (χ2v) is 11.4. The molecule has 7 nitrogen and oxygen atoms in total. The number of carbonyl (C=O) groups excluding carboxylic acids is 1. The third-order valence-electron chi connectivity index (χ3n) is 6.81. The van der Waals surface area contributed by atoms with E-state index in [0.29, 0.717) is 13.0 Å². The summed E-state index contributed by atoms with van der Waals surface area (Å²) >= 11 is 0. The highest BCUT2D eigenvalue weighted by atomic mass is 32.2. The molecule has 1 aliphatic carbocycles. The molecule has 4 aliphatic rings. The van der Waals surface area contributed by atoms with Gasteiger partial charge in [-0.25, -0.2) is 8.42 Å². The number of sulfone groups is 1. The molecule has 0 unspecified atom stereocenters. The van der Waals surface area contributed by atoms with E-state index in [9.17, 15) is 13.2 Å². The van der Waals surface area contributed by atoms with Crippen LogP contribution in [0.15, 0.2) is 18.2 Å². The second kappa shape index (κ2) is 8.13. The Morgan fingerprint density at radius 3 is 2.53 bits per heavy atom. The van der Waals surface area contributed by atoms with Crippen molar-refractivity contribution in [3.63, 3.8) is 0 Å². The number of hydrogen-bond donors (Lipinski definition) is 0. The van der Waals surface area contributed by atoms with Gasteiger partial charge in [0.2, 0.25) is 5.91 Å². The van der Waals surface area contributed by atoms with Crippen molar-refractivity contribution in [3.8, 4) is 5.75 Å². The fraction of sp³-hybridized carbons (Fsp3) is 0.682. The van der Waals surface area contributed by atoms with Gasteiger partial charge >= 0.3 is 0 Å². The topological polar surface area (TPSA) is 70.2 Å². The summed E-state index contributed by atoms with van der Waals surface area (Å²) in [5, 5.41) is 0. The van der Waals surface area contributed by atoms with Gasteiger partial charge in [0.25, 0.3) is 0 Å². The molecule has 5 rings (SSSR count). The Morgan fingerprint density at radius 2 is 1.83 bits per heavy atom. The minimum Gasteiger partial charge on any atom is -0.493 e. The molecule has 0 spiro atoms. The predicted octanol–water partition coefficient (Wildman–Crippen LogP) is 0.917. The van der Waals surface area contributed by atoms with E-state index >= 15 is 0 Å². The Kier molecular flexibility index (Phi) is 5.49. The van der Waals surface area contributed by atoms with Crippen molar-refractivity contribution in [2.24, 2.45) is 0 Å². The van der Waals surface area contributed by atoms with Gasteiger partial charge in [0.15, 0.2) is 9.84 Å². The highest BCUT2D eigenvalue weighted by Crippen LogP contribution is 2.32. The van der Waals surface area contributed by atoms with E-state index in [2.05, 4.69) is 28.0 Å². The molecule has 0 radical (unpaired) electrons. The Bertz CT molecular complexity index is 907. The summed E-state index contributed by atoms with van der Waals surface area (Å²) in [6, 6.07) is 6.66. The lowest BCUT2D eigenvalue weighted by atomic mass is 10.1. The van der Waals surface area contributed by atoms with Crippen molar-refractivity contribution in [3.05, 3.63) is 29.3 Å². The third-order valence-corrected chi connectivity index (χ3v) is 8.56. The van der Waals surface area contributed by atoms with Crippen molar-refractivity contribution in [2.75, 3.05) is 50.8 Å². The van der Waals surface area contributed by atoms with Crippen LogP contribution in [0.4, 0.5) is 0 Å². The number of fused-ring (bicyclic) bond motifs is 1. The standard InChI is InChI=1S/C22H31N3O4S/c26-22(25(19-2-3-19)20-6-12-30(27,28)16-20)15-24-9-7-23(8-10-24)14-17-1-4-21-18(13-17)5-11-29-21/h1,4,13,19-20H,2-3,5-12,14-16H2/t20-/m1/s1. The van der Waals surface area contributed by atoms with Crippen LogP contribution < -0.4 is 4.74 Å². The highest BCUT2D eigenvalue weighted by molar-refractivity contribution is 7.91. The number of hydrogen-bond acceptors (Lipinski definition) is 6. The molecule has 2 saturated heterocycles. The summed E-state index contributed by atoms with van der Waals surface area (Å²) in [6.45, 7) is 5.78. The number of carbonyl (C=O) groups is 1. The van der Waals surface area contributed by atoms with Crippen LogP contribution in [0, 0.1) is 0 Å². The van der Waals surface area contributed by atoms with Crippen molar-refractivity contribution >= 4 is 15.7 Å². The summed E-state index contributed by atoms with van der Waals surface area (Å²) < 4.78 is 29.4. The van der Waals surface area contributed by atoms with Crippen LogP contribution in [0.3, 0.4) is 0 Å². The van der Waals surface area contributed by atoms with Crippen LogP contribution in [-0.2, 0) is 27.6 Å². The first-order valence-corrected chi connectivity index (χ1v) is 13.0. The van der Waals surface area contributed by atoms with Gasteiger partial charge in [0.1, 0.15) is 5.75 Å². The first-order valence-electron chi connectivity index (χ1n) is 11.2. The van der Waals surface area contributed by atoms with Gasteiger partial charge in [-0.15, -0.1) is 0 Å². The normalized spacial score (nSPS) is 26.3. The molecular formula is C22H31N3O4S. The molecule has 8 heteroatoms. The van der Waals surface area contributed by atoms with Crippen LogP contribution in [0.5, 0.6) is 5.75 Å². The zero-order valence-corrected chi connectivity index (χ0v) is 18.3. The lowest BCUT2D eigenvalue weighted by Gasteiger charge is -2.36. The molecule has 1 saturated carbocycles. The van der Waals surface area contributed by atoms with Gasteiger partial charge in [0, 0.05) is 51.2 Å². The van der Waals surface area contributed by atoms with Gasteiger partial charge < -0.3 is 9.64 Å². The third kappa shape index (κ3) is 4.50. The molecule has 0 N–H and O–H groups in total. The smallest absolute Gasteiger partial charge is 0.237 e. The SMILES string of the molecule is O=C(CN1CCN(Cc2ccc3c(c2)CCO3)CC1)N(C1CC1)[C@@H]1CCS(=O)(=O)C1. The average molecular weight is 434 g/mol. The minimum absolute atomic E-state index is 0.111. The van der Waals surface area contributed by atoms with E-state index in [1.54, 1.807) is 0 Å². The molecular weight excluding hydrogens is 402 g/mol. The van der Waals surface area contributed by atoms with Crippen LogP contribution in [0.1, 0.15) is 30.4 Å². The quantitative estimate of drug-likeness (QED) is 0.665. The summed E-state index contributed by atoms with van der Waals surface area (Å²) in [7, 11) is -2.98. The number of piperazine rings is 1. The minimum atomic E-state index is -2.98. The van der Waals surface area contributed by atoms with Crippen LogP contribution in [-0.4, -0.2) is 91.9 Å². The Labute approximate surface area is 178 Å². The number of nitrogens with zero attached hydrogens (tertiary/aromatic N) is 3. The molecule has 164 valence electrons. The molecule has 1 aromatic carbocycles. The van der Waals surface area contributed by atoms with Gasteiger partial charge in [-0.3, -0.25) is 14.6 Å². The summed E-state index contributed by atoms with van der Waals surface area (Å²) in [5.41, 5.74) is 2.64. The van der Waals surface area contributed by atoms with E-state index in [0.717, 1.165) is 64.3 Å². The lowest BCUT2D eigenvalue weighted by molar-refractivity contribution is -0.135. The van der Waals surface area contributed by atoms with Crippen molar-refractivity contribution in [1.82, 2.24) is 14.7 Å². The fourth-order valence-electron chi connectivity index (χ4n) is 5.03. The Balaban J connectivity index is 1.13. The van der Waals surface area contributed by atoms with E-state index in [4.69, 9.17) is 4.74 Å². The van der Waals surface area contributed by atoms with Gasteiger partial charge in [-0.2, -0.15) is 0 Å². The molecule has 0 bridgehead atoms. The van der Waals surface area contributed by atoms with Gasteiger partial charge in [-0.05, 0) is 36.5 Å². The monoisotopic (exact) mass is 433 g/mol. The highest BCUT2D eigenvalue weighted by Gasteiger charge is 2.42. The first-order chi connectivity index (χ1) is 14.5. The van der Waals surface area contributed by atoms with E-state index in [-0.39, 0.29) is 29.5 Å². The van der Waals surface area contributed by atoms with Crippen molar-refractivity contribution < 1.29 is 17.9 Å². The lowest BCUT2D eigenvalue weighted by Crippen LogP contribution is -2.52. The molecule has 3 fully saturated rings. The molecule has 0 aromatic heterocycles. The number of benzene rings is 1. The van der Waals surface area contributed by atoms with Crippen LogP contribution >= 0.6 is 0 Å². The molecule has 1 atom stereocenters. The Morgan fingerprint density at radius 1 is 1.07 bits per heavy atom. The Hall–Kier alpha value is -1.64. The summed E-state index contributed by atoms with van der Waals surface area (Å²) in [5.74, 6) is 1.51. The maximum absolute atomic E-state index is 13.0. The molecule has 3 heterocycles. The predicted molar refractivity (Wildman–Crippen MR) is 114 cm³/mol. The fourth-order valence-corrected chi connectivity index (χ4v) is 6.74. The summed E-state index contributed by atoms with van der Waals surface area (Å²) in [6.07, 6.45) is 3.63. The molecule has 30 heavy (non-hydrogen) atoms. The van der Waals surface area contributed by atoms with E-state index in [1.165, 1.54) is 11.1 Å². The first kappa shape index (κ1) is 20.3. The van der Waals surface area contributed by atoms with Gasteiger partial charge in [-0.1, -0.05) is 12.1 Å². The molecule has 3 aliphatic heterocycles. The summed E-state index contributed by atoms with van der Waals surface area (Å²) in [4.78, 5) is 19.6.